The molecule has 8 nitrogen and oxygen atoms in total. The van der Waals surface area contributed by atoms with Gasteiger partial charge in [-0.1, -0.05) is 12.1 Å². The lowest BCUT2D eigenvalue weighted by molar-refractivity contribution is 0.0527. The number of ether oxygens (including phenoxy) is 2. The number of hydrogen-bond acceptors (Lipinski definition) is 6. The number of rotatable bonds is 8. The molecule has 1 rings (SSSR count). The summed E-state index contributed by atoms with van der Waals surface area (Å²) in [5.74, 6) is -0.611. The zero-order valence-electron chi connectivity index (χ0n) is 13.9. The quantitative estimate of drug-likeness (QED) is 0.704. The monoisotopic (exact) mass is 358 g/mol. The van der Waals surface area contributed by atoms with E-state index in [0.29, 0.717) is 0 Å². The fraction of sp³-hybridized carbons (Fsp3) is 0.467. The van der Waals surface area contributed by atoms with Crippen molar-refractivity contribution >= 4 is 27.8 Å². The van der Waals surface area contributed by atoms with E-state index in [9.17, 15) is 18.0 Å². The van der Waals surface area contributed by atoms with Gasteiger partial charge < -0.3 is 14.8 Å². The number of para-hydroxylation sites is 1. The zero-order chi connectivity index (χ0) is 18.2. The van der Waals surface area contributed by atoms with Crippen molar-refractivity contribution in [3.63, 3.8) is 0 Å². The molecule has 0 aliphatic rings. The summed E-state index contributed by atoms with van der Waals surface area (Å²) in [6, 6.07) is 6.24. The lowest BCUT2D eigenvalue weighted by atomic mass is 10.2. The average molecular weight is 358 g/mol. The van der Waals surface area contributed by atoms with Gasteiger partial charge in [-0.25, -0.2) is 18.0 Å². The molecule has 0 saturated heterocycles. The van der Waals surface area contributed by atoms with Crippen LogP contribution in [0.15, 0.2) is 24.3 Å². The van der Waals surface area contributed by atoms with Crippen molar-refractivity contribution in [1.29, 1.82) is 0 Å². The van der Waals surface area contributed by atoms with Crippen molar-refractivity contribution in [2.24, 2.45) is 0 Å². The third kappa shape index (κ3) is 5.73. The number of esters is 1. The fourth-order valence-electron chi connectivity index (χ4n) is 1.98. The zero-order valence-corrected chi connectivity index (χ0v) is 14.8. The van der Waals surface area contributed by atoms with Gasteiger partial charge in [0.2, 0.25) is 10.0 Å². The van der Waals surface area contributed by atoms with E-state index >= 15 is 0 Å². The SMILES string of the molecule is CCOC(=O)NCCN(c1ccccc1C(=O)OCC)S(C)(=O)=O. The van der Waals surface area contributed by atoms with E-state index in [4.69, 9.17) is 9.47 Å². The Morgan fingerprint density at radius 1 is 1.12 bits per heavy atom. The van der Waals surface area contributed by atoms with Crippen LogP contribution in [0.5, 0.6) is 0 Å². The van der Waals surface area contributed by atoms with E-state index in [0.717, 1.165) is 10.6 Å². The first kappa shape index (κ1) is 19.8. The highest BCUT2D eigenvalue weighted by Gasteiger charge is 2.23. The third-order valence-electron chi connectivity index (χ3n) is 2.93. The van der Waals surface area contributed by atoms with Crippen LogP contribution in [0.2, 0.25) is 0 Å². The highest BCUT2D eigenvalue weighted by atomic mass is 32.2. The van der Waals surface area contributed by atoms with Crippen molar-refractivity contribution in [3.05, 3.63) is 29.8 Å². The molecule has 0 atom stereocenters. The minimum Gasteiger partial charge on any atom is -0.462 e. The first-order valence-electron chi connectivity index (χ1n) is 7.45. The van der Waals surface area contributed by atoms with Crippen LogP contribution < -0.4 is 9.62 Å². The first-order chi connectivity index (χ1) is 11.3. The van der Waals surface area contributed by atoms with E-state index < -0.39 is 22.1 Å². The predicted octanol–water partition coefficient (Wildman–Crippen LogP) is 1.38. The fourth-order valence-corrected chi connectivity index (χ4v) is 2.92. The Bertz CT molecular complexity index is 674. The summed E-state index contributed by atoms with van der Waals surface area (Å²) >= 11 is 0. The van der Waals surface area contributed by atoms with E-state index in [2.05, 4.69) is 5.32 Å². The summed E-state index contributed by atoms with van der Waals surface area (Å²) in [6.45, 7) is 3.71. The van der Waals surface area contributed by atoms with E-state index in [-0.39, 0.29) is 37.6 Å². The molecular weight excluding hydrogens is 336 g/mol. The summed E-state index contributed by atoms with van der Waals surface area (Å²) in [6.07, 6.45) is 0.392. The number of sulfonamides is 1. The molecule has 0 aliphatic heterocycles. The van der Waals surface area contributed by atoms with Gasteiger partial charge in [0.1, 0.15) is 0 Å². The van der Waals surface area contributed by atoms with Gasteiger partial charge >= 0.3 is 12.1 Å². The Kier molecular flexibility index (Phi) is 7.50. The summed E-state index contributed by atoms with van der Waals surface area (Å²) in [4.78, 5) is 23.3. The van der Waals surface area contributed by atoms with Gasteiger partial charge in [0.15, 0.2) is 0 Å². The molecule has 1 aromatic carbocycles. The Morgan fingerprint density at radius 3 is 2.33 bits per heavy atom. The second kappa shape index (κ2) is 9.11. The second-order valence-corrected chi connectivity index (χ2v) is 6.63. The molecule has 24 heavy (non-hydrogen) atoms. The normalized spacial score (nSPS) is 10.8. The van der Waals surface area contributed by atoms with Crippen LogP contribution in [0, 0.1) is 0 Å². The number of nitrogens with zero attached hydrogens (tertiary/aromatic N) is 1. The number of nitrogens with one attached hydrogen (secondary N) is 1. The summed E-state index contributed by atoms with van der Waals surface area (Å²) < 4.78 is 34.9. The van der Waals surface area contributed by atoms with Crippen LogP contribution in [0.4, 0.5) is 10.5 Å². The molecule has 1 aromatic rings. The van der Waals surface area contributed by atoms with Gasteiger partial charge in [0.25, 0.3) is 0 Å². The smallest absolute Gasteiger partial charge is 0.407 e. The third-order valence-corrected chi connectivity index (χ3v) is 4.11. The molecule has 0 bridgehead atoms. The number of benzene rings is 1. The van der Waals surface area contributed by atoms with Gasteiger partial charge in [0.05, 0.1) is 37.3 Å². The molecule has 0 radical (unpaired) electrons. The number of alkyl carbamates (subject to hydrolysis) is 1. The number of anilines is 1. The lowest BCUT2D eigenvalue weighted by Gasteiger charge is -2.24. The predicted molar refractivity (Wildman–Crippen MR) is 89.6 cm³/mol. The van der Waals surface area contributed by atoms with Crippen LogP contribution in [0.3, 0.4) is 0 Å². The number of amides is 1. The maximum Gasteiger partial charge on any atom is 0.407 e. The molecule has 1 N–H and O–H groups in total. The molecule has 9 heteroatoms. The molecule has 0 fully saturated rings. The van der Waals surface area contributed by atoms with Gasteiger partial charge in [0, 0.05) is 6.54 Å². The van der Waals surface area contributed by atoms with Crippen molar-refractivity contribution < 1.29 is 27.5 Å². The Morgan fingerprint density at radius 2 is 1.75 bits per heavy atom. The molecule has 0 heterocycles. The maximum atomic E-state index is 12.1. The molecule has 0 saturated carbocycles. The minimum absolute atomic E-state index is 0.0308. The average Bonchev–Trinajstić information content (AvgIpc) is 2.51. The second-order valence-electron chi connectivity index (χ2n) is 4.72. The van der Waals surface area contributed by atoms with E-state index in [1.807, 2.05) is 0 Å². The molecule has 0 spiro atoms. The first-order valence-corrected chi connectivity index (χ1v) is 9.30. The van der Waals surface area contributed by atoms with Crippen LogP contribution in [-0.4, -0.2) is 53.0 Å². The van der Waals surface area contributed by atoms with Gasteiger partial charge in [-0.15, -0.1) is 0 Å². The van der Waals surface area contributed by atoms with Crippen molar-refractivity contribution in [2.45, 2.75) is 13.8 Å². The number of carbonyl (C=O) groups excluding carboxylic acids is 2. The topological polar surface area (TPSA) is 102 Å². The highest BCUT2D eigenvalue weighted by Crippen LogP contribution is 2.23. The highest BCUT2D eigenvalue weighted by molar-refractivity contribution is 7.92. The number of hydrogen-bond donors (Lipinski definition) is 1. The van der Waals surface area contributed by atoms with Crippen LogP contribution in [0.1, 0.15) is 24.2 Å². The number of carbonyl (C=O) groups is 2. The van der Waals surface area contributed by atoms with Crippen molar-refractivity contribution in [1.82, 2.24) is 5.32 Å². The lowest BCUT2D eigenvalue weighted by Crippen LogP contribution is -2.39. The largest absolute Gasteiger partial charge is 0.462 e. The summed E-state index contributed by atoms with van der Waals surface area (Å²) in [5.41, 5.74) is 0.338. The summed E-state index contributed by atoms with van der Waals surface area (Å²) in [5, 5.41) is 2.45. The molecule has 134 valence electrons. The van der Waals surface area contributed by atoms with E-state index in [1.54, 1.807) is 26.0 Å². The van der Waals surface area contributed by atoms with Gasteiger partial charge in [-0.2, -0.15) is 0 Å². The van der Waals surface area contributed by atoms with Crippen LogP contribution >= 0.6 is 0 Å². The van der Waals surface area contributed by atoms with Crippen LogP contribution in [-0.2, 0) is 19.5 Å². The molecular formula is C15H22N2O6S. The molecule has 0 unspecified atom stereocenters. The van der Waals surface area contributed by atoms with Gasteiger partial charge in [-0.05, 0) is 26.0 Å². The van der Waals surface area contributed by atoms with Gasteiger partial charge in [-0.3, -0.25) is 4.31 Å². The molecule has 0 aromatic heterocycles. The maximum absolute atomic E-state index is 12.1. The molecule has 1 amide bonds. The van der Waals surface area contributed by atoms with Crippen molar-refractivity contribution in [2.75, 3.05) is 36.9 Å². The van der Waals surface area contributed by atoms with Crippen LogP contribution in [0.25, 0.3) is 0 Å². The van der Waals surface area contributed by atoms with Crippen molar-refractivity contribution in [3.8, 4) is 0 Å². The molecule has 0 aliphatic carbocycles. The Hall–Kier alpha value is -2.29. The Labute approximate surface area is 141 Å². The standard InChI is InChI=1S/C15H22N2O6S/c1-4-22-14(18)12-8-6-7-9-13(12)17(24(3,20)21)11-10-16-15(19)23-5-2/h6-9H,4-5,10-11H2,1-3H3,(H,16,19). The minimum atomic E-state index is -3.67. The van der Waals surface area contributed by atoms with E-state index in [1.165, 1.54) is 12.1 Å². The summed E-state index contributed by atoms with van der Waals surface area (Å²) in [7, 11) is -3.67. The Balaban J connectivity index is 3.02.